The van der Waals surface area contributed by atoms with Crippen molar-refractivity contribution in [2.45, 2.75) is 19.8 Å². The first-order chi connectivity index (χ1) is 7.22. The lowest BCUT2D eigenvalue weighted by Gasteiger charge is -1.94. The number of aromatic nitrogens is 1. The van der Waals surface area contributed by atoms with Gasteiger partial charge in [-0.25, -0.2) is 4.39 Å². The lowest BCUT2D eigenvalue weighted by atomic mass is 10.1. The molecule has 2 aromatic rings. The average Bonchev–Trinajstić information content (AvgIpc) is 2.53. The Hall–Kier alpha value is -1.82. The number of aryl methyl sites for hydroxylation is 2. The third kappa shape index (κ3) is 1.71. The van der Waals surface area contributed by atoms with Crippen LogP contribution in [0.25, 0.3) is 10.9 Å². The molecule has 0 amide bonds. The molecule has 0 aliphatic carbocycles. The molecule has 0 radical (unpaired) electrons. The number of hydrogen-bond donors (Lipinski definition) is 1. The van der Waals surface area contributed by atoms with Crippen LogP contribution in [0, 0.1) is 24.1 Å². The van der Waals surface area contributed by atoms with E-state index in [-0.39, 0.29) is 5.82 Å². The first-order valence-electron chi connectivity index (χ1n) is 4.86. The van der Waals surface area contributed by atoms with Crippen molar-refractivity contribution >= 4 is 10.9 Å². The van der Waals surface area contributed by atoms with Crippen molar-refractivity contribution in [3.05, 3.63) is 35.3 Å². The first-order valence-corrected chi connectivity index (χ1v) is 4.86. The maximum atomic E-state index is 13.0. The van der Waals surface area contributed by atoms with E-state index < -0.39 is 0 Å². The van der Waals surface area contributed by atoms with Crippen LogP contribution in [0.15, 0.2) is 18.2 Å². The summed E-state index contributed by atoms with van der Waals surface area (Å²) in [6.45, 7) is 1.95. The van der Waals surface area contributed by atoms with Crippen LogP contribution in [0.5, 0.6) is 0 Å². The standard InChI is InChI=1S/C12H11FN2/c1-8-10-7-9(13)4-5-12(10)15-11(8)3-2-6-14/h4-5,7,15H,2-3H2,1H3. The van der Waals surface area contributed by atoms with Gasteiger partial charge in [-0.2, -0.15) is 5.26 Å². The van der Waals surface area contributed by atoms with Gasteiger partial charge < -0.3 is 4.98 Å². The van der Waals surface area contributed by atoms with E-state index in [4.69, 9.17) is 5.26 Å². The minimum atomic E-state index is -0.226. The Labute approximate surface area is 87.3 Å². The van der Waals surface area contributed by atoms with Gasteiger partial charge in [-0.1, -0.05) is 0 Å². The number of rotatable bonds is 2. The lowest BCUT2D eigenvalue weighted by molar-refractivity contribution is 0.629. The van der Waals surface area contributed by atoms with Crippen LogP contribution in [-0.2, 0) is 6.42 Å². The average molecular weight is 202 g/mol. The summed E-state index contributed by atoms with van der Waals surface area (Å²) in [6, 6.07) is 6.80. The van der Waals surface area contributed by atoms with Crippen LogP contribution in [0.4, 0.5) is 4.39 Å². The fraction of sp³-hybridized carbons (Fsp3) is 0.250. The molecular weight excluding hydrogens is 191 g/mol. The second-order valence-electron chi connectivity index (χ2n) is 3.58. The maximum Gasteiger partial charge on any atom is 0.123 e. The summed E-state index contributed by atoms with van der Waals surface area (Å²) in [4.78, 5) is 3.21. The summed E-state index contributed by atoms with van der Waals surface area (Å²) < 4.78 is 13.0. The molecule has 2 nitrogen and oxygen atoms in total. The van der Waals surface area contributed by atoms with Crippen LogP contribution in [-0.4, -0.2) is 4.98 Å². The SMILES string of the molecule is Cc1c(CCC#N)[nH]c2ccc(F)cc12. The van der Waals surface area contributed by atoms with E-state index in [2.05, 4.69) is 11.1 Å². The highest BCUT2D eigenvalue weighted by Gasteiger charge is 2.07. The van der Waals surface area contributed by atoms with Gasteiger partial charge in [0.25, 0.3) is 0 Å². The number of halogens is 1. The smallest absolute Gasteiger partial charge is 0.123 e. The van der Waals surface area contributed by atoms with Crippen molar-refractivity contribution in [1.82, 2.24) is 4.98 Å². The van der Waals surface area contributed by atoms with E-state index in [0.29, 0.717) is 12.8 Å². The van der Waals surface area contributed by atoms with Crippen molar-refractivity contribution in [1.29, 1.82) is 5.26 Å². The van der Waals surface area contributed by atoms with Crippen molar-refractivity contribution in [3.8, 4) is 6.07 Å². The monoisotopic (exact) mass is 202 g/mol. The summed E-state index contributed by atoms with van der Waals surface area (Å²) >= 11 is 0. The van der Waals surface area contributed by atoms with Crippen molar-refractivity contribution in [3.63, 3.8) is 0 Å². The van der Waals surface area contributed by atoms with Gasteiger partial charge in [0.1, 0.15) is 5.82 Å². The van der Waals surface area contributed by atoms with Crippen molar-refractivity contribution in [2.75, 3.05) is 0 Å². The fourth-order valence-corrected chi connectivity index (χ4v) is 1.79. The molecule has 0 aliphatic rings. The minimum absolute atomic E-state index is 0.226. The molecule has 1 aromatic heterocycles. The quantitative estimate of drug-likeness (QED) is 0.798. The molecule has 1 N–H and O–H groups in total. The topological polar surface area (TPSA) is 39.6 Å². The highest BCUT2D eigenvalue weighted by molar-refractivity contribution is 5.84. The molecule has 2 rings (SSSR count). The third-order valence-corrected chi connectivity index (χ3v) is 2.61. The highest BCUT2D eigenvalue weighted by Crippen LogP contribution is 2.23. The van der Waals surface area contributed by atoms with E-state index in [1.807, 2.05) is 6.92 Å². The summed E-state index contributed by atoms with van der Waals surface area (Å²) in [7, 11) is 0. The second kappa shape index (κ2) is 3.74. The molecule has 0 spiro atoms. The highest BCUT2D eigenvalue weighted by atomic mass is 19.1. The molecule has 0 atom stereocenters. The fourth-order valence-electron chi connectivity index (χ4n) is 1.79. The molecule has 0 aliphatic heterocycles. The Morgan fingerprint density at radius 2 is 2.27 bits per heavy atom. The molecule has 1 aromatic carbocycles. The molecule has 0 saturated carbocycles. The van der Waals surface area contributed by atoms with Gasteiger partial charge in [-0.3, -0.25) is 0 Å². The van der Waals surface area contributed by atoms with Gasteiger partial charge in [-0.05, 0) is 30.7 Å². The van der Waals surface area contributed by atoms with Gasteiger partial charge >= 0.3 is 0 Å². The molecule has 0 fully saturated rings. The van der Waals surface area contributed by atoms with Gasteiger partial charge in [0.05, 0.1) is 6.07 Å². The molecule has 0 bridgehead atoms. The molecule has 0 saturated heterocycles. The molecule has 0 unspecified atom stereocenters. The van der Waals surface area contributed by atoms with Crippen molar-refractivity contribution < 1.29 is 4.39 Å². The minimum Gasteiger partial charge on any atom is -0.358 e. The molecule has 3 heteroatoms. The Morgan fingerprint density at radius 3 is 3.00 bits per heavy atom. The second-order valence-corrected chi connectivity index (χ2v) is 3.58. The van der Waals surface area contributed by atoms with E-state index in [1.54, 1.807) is 6.07 Å². The lowest BCUT2D eigenvalue weighted by Crippen LogP contribution is -1.85. The zero-order valence-corrected chi connectivity index (χ0v) is 8.47. The van der Waals surface area contributed by atoms with Crippen molar-refractivity contribution in [2.24, 2.45) is 0 Å². The van der Waals surface area contributed by atoms with Crippen LogP contribution in [0.1, 0.15) is 17.7 Å². The molecule has 76 valence electrons. The number of H-pyrrole nitrogens is 1. The molecule has 1 heterocycles. The summed E-state index contributed by atoms with van der Waals surface area (Å²) in [6.07, 6.45) is 1.18. The Bertz CT molecular complexity index is 534. The predicted molar refractivity (Wildman–Crippen MR) is 56.9 cm³/mol. The summed E-state index contributed by atoms with van der Waals surface area (Å²) in [5, 5.41) is 9.42. The van der Waals surface area contributed by atoms with E-state index in [9.17, 15) is 4.39 Å². The van der Waals surface area contributed by atoms with Gasteiger partial charge in [0, 0.05) is 29.4 Å². The first kappa shape index (κ1) is 9.72. The number of aromatic amines is 1. The number of hydrogen-bond acceptors (Lipinski definition) is 1. The zero-order chi connectivity index (χ0) is 10.8. The molecule has 15 heavy (non-hydrogen) atoms. The van der Waals surface area contributed by atoms with Gasteiger partial charge in [0.15, 0.2) is 0 Å². The van der Waals surface area contributed by atoms with Crippen LogP contribution in [0.3, 0.4) is 0 Å². The van der Waals surface area contributed by atoms with Crippen LogP contribution < -0.4 is 0 Å². The van der Waals surface area contributed by atoms with Crippen LogP contribution in [0.2, 0.25) is 0 Å². The third-order valence-electron chi connectivity index (χ3n) is 2.61. The largest absolute Gasteiger partial charge is 0.358 e. The van der Waals surface area contributed by atoms with E-state index in [1.165, 1.54) is 12.1 Å². The Morgan fingerprint density at radius 1 is 1.47 bits per heavy atom. The number of nitrogens with one attached hydrogen (secondary N) is 1. The zero-order valence-electron chi connectivity index (χ0n) is 8.47. The predicted octanol–water partition coefficient (Wildman–Crippen LogP) is 3.07. The summed E-state index contributed by atoms with van der Waals surface area (Å²) in [5.74, 6) is -0.226. The number of fused-ring (bicyclic) bond motifs is 1. The maximum absolute atomic E-state index is 13.0. The van der Waals surface area contributed by atoms with Gasteiger partial charge in [-0.15, -0.1) is 0 Å². The number of nitriles is 1. The van der Waals surface area contributed by atoms with Crippen LogP contribution >= 0.6 is 0 Å². The van der Waals surface area contributed by atoms with Gasteiger partial charge in [0.2, 0.25) is 0 Å². The van der Waals surface area contributed by atoms with E-state index >= 15 is 0 Å². The van der Waals surface area contributed by atoms with E-state index in [0.717, 1.165) is 22.2 Å². The molecular formula is C12H11FN2. The number of nitrogens with zero attached hydrogens (tertiary/aromatic N) is 1. The Balaban J connectivity index is 2.50. The summed E-state index contributed by atoms with van der Waals surface area (Å²) in [5.41, 5.74) is 3.00. The normalized spacial score (nSPS) is 10.5. The number of benzene rings is 1. The Kier molecular flexibility index (Phi) is 2.42.